The second-order valence-electron chi connectivity index (χ2n) is 6.06. The molecule has 120 valence electrons. The van der Waals surface area contributed by atoms with E-state index in [4.69, 9.17) is 14.6 Å². The summed E-state index contributed by atoms with van der Waals surface area (Å²) >= 11 is 0. The highest BCUT2D eigenvalue weighted by Gasteiger charge is 2.55. The van der Waals surface area contributed by atoms with Gasteiger partial charge in [0.15, 0.2) is 0 Å². The molecule has 0 aliphatic carbocycles. The molecule has 0 radical (unpaired) electrons. The maximum atomic E-state index is 11.6. The molecule has 6 heteroatoms. The van der Waals surface area contributed by atoms with E-state index in [-0.39, 0.29) is 19.1 Å². The van der Waals surface area contributed by atoms with Crippen LogP contribution < -0.4 is 4.74 Å². The van der Waals surface area contributed by atoms with E-state index in [0.29, 0.717) is 19.8 Å². The number of nitrogens with zero attached hydrogens (tertiary/aromatic N) is 1. The maximum Gasteiger partial charge on any atom is 0.313 e. The minimum absolute atomic E-state index is 0.00371. The summed E-state index contributed by atoms with van der Waals surface area (Å²) in [5, 5.41) is 18.3. The fourth-order valence-corrected chi connectivity index (χ4v) is 3.38. The van der Waals surface area contributed by atoms with E-state index in [1.165, 1.54) is 0 Å². The lowest BCUT2D eigenvalue weighted by molar-refractivity contribution is -0.149. The van der Waals surface area contributed by atoms with Crippen LogP contribution in [-0.4, -0.2) is 60.6 Å². The number of hydrogen-bond acceptors (Lipinski definition) is 5. The molecule has 0 amide bonds. The summed E-state index contributed by atoms with van der Waals surface area (Å²) in [6.07, 6.45) is 0. The summed E-state index contributed by atoms with van der Waals surface area (Å²) in [5.41, 5.74) is 0.391. The van der Waals surface area contributed by atoms with Crippen molar-refractivity contribution in [2.24, 2.45) is 11.3 Å². The minimum atomic E-state index is -0.745. The van der Waals surface area contributed by atoms with Crippen molar-refractivity contribution >= 4 is 5.97 Å². The number of aliphatic hydroxyl groups excluding tert-OH is 1. The zero-order valence-electron chi connectivity index (χ0n) is 12.4. The van der Waals surface area contributed by atoms with Gasteiger partial charge in [-0.2, -0.15) is 0 Å². The molecule has 0 unspecified atom stereocenters. The molecule has 2 saturated heterocycles. The smallest absolute Gasteiger partial charge is 0.313 e. The molecule has 2 heterocycles. The maximum absolute atomic E-state index is 11.6. The van der Waals surface area contributed by atoms with E-state index < -0.39 is 11.4 Å². The Morgan fingerprint density at radius 3 is 2.82 bits per heavy atom. The predicted octanol–water partition coefficient (Wildman–Crippen LogP) is 0.591. The van der Waals surface area contributed by atoms with Gasteiger partial charge in [0.1, 0.15) is 17.8 Å². The van der Waals surface area contributed by atoms with Crippen LogP contribution >= 0.6 is 0 Å². The molecule has 0 saturated carbocycles. The molecule has 0 aromatic heterocycles. The van der Waals surface area contributed by atoms with E-state index in [0.717, 1.165) is 24.4 Å². The predicted molar refractivity (Wildman–Crippen MR) is 78.7 cm³/mol. The van der Waals surface area contributed by atoms with Crippen LogP contribution in [0.1, 0.15) is 5.56 Å². The standard InChI is InChI=1S/C16H21NO5/c18-5-6-22-14-3-1-12(2-4-14)7-17-8-13-9-21-11-16(13,10-17)15(19)20/h1-4,13,18H,5-11H2,(H,19,20)/t13-,16-/m1/s1. The molecule has 2 aliphatic rings. The number of rotatable bonds is 6. The topological polar surface area (TPSA) is 79.2 Å². The first-order valence-electron chi connectivity index (χ1n) is 7.50. The van der Waals surface area contributed by atoms with Crippen LogP contribution in [-0.2, 0) is 16.1 Å². The first-order chi connectivity index (χ1) is 10.6. The quantitative estimate of drug-likeness (QED) is 0.801. The largest absolute Gasteiger partial charge is 0.491 e. The van der Waals surface area contributed by atoms with Gasteiger partial charge >= 0.3 is 5.97 Å². The van der Waals surface area contributed by atoms with Gasteiger partial charge in [0, 0.05) is 25.6 Å². The number of likely N-dealkylation sites (tertiary alicyclic amines) is 1. The lowest BCUT2D eigenvalue weighted by atomic mass is 9.81. The van der Waals surface area contributed by atoms with Crippen LogP contribution in [0.3, 0.4) is 0 Å². The van der Waals surface area contributed by atoms with Gasteiger partial charge in [0.2, 0.25) is 0 Å². The number of fused-ring (bicyclic) bond motifs is 1. The Kier molecular flexibility index (Phi) is 4.33. The highest BCUT2D eigenvalue weighted by atomic mass is 16.5. The van der Waals surface area contributed by atoms with Gasteiger partial charge < -0.3 is 19.7 Å². The first kappa shape index (κ1) is 15.3. The van der Waals surface area contributed by atoms with Crippen LogP contribution in [0.2, 0.25) is 0 Å². The molecular weight excluding hydrogens is 286 g/mol. The van der Waals surface area contributed by atoms with Gasteiger partial charge in [0.25, 0.3) is 0 Å². The number of ether oxygens (including phenoxy) is 2. The third kappa shape index (κ3) is 2.82. The zero-order chi connectivity index (χ0) is 15.6. The Labute approximate surface area is 129 Å². The molecule has 2 fully saturated rings. The number of carbonyl (C=O) groups is 1. The van der Waals surface area contributed by atoms with Gasteiger partial charge in [-0.15, -0.1) is 0 Å². The first-order valence-corrected chi connectivity index (χ1v) is 7.50. The third-order valence-electron chi connectivity index (χ3n) is 4.56. The minimum Gasteiger partial charge on any atom is -0.491 e. The molecule has 0 spiro atoms. The number of carboxylic acid groups (broad SMARTS) is 1. The van der Waals surface area contributed by atoms with Gasteiger partial charge in [-0.1, -0.05) is 12.1 Å². The monoisotopic (exact) mass is 307 g/mol. The Bertz CT molecular complexity index is 532. The summed E-state index contributed by atoms with van der Waals surface area (Å²) in [5.74, 6) is 0.0638. The van der Waals surface area contributed by atoms with E-state index >= 15 is 0 Å². The van der Waals surface area contributed by atoms with Crippen LogP contribution in [0.5, 0.6) is 5.75 Å². The second kappa shape index (κ2) is 6.24. The SMILES string of the molecule is O=C(O)[C@]12COC[C@H]1CN(Cc1ccc(OCCO)cc1)C2. The molecule has 2 N–H and O–H groups in total. The summed E-state index contributed by atoms with van der Waals surface area (Å²) in [6, 6.07) is 7.70. The van der Waals surface area contributed by atoms with Crippen LogP contribution in [0.15, 0.2) is 24.3 Å². The summed E-state index contributed by atoms with van der Waals surface area (Å²) in [7, 11) is 0. The van der Waals surface area contributed by atoms with E-state index in [1.807, 2.05) is 24.3 Å². The van der Waals surface area contributed by atoms with Crippen molar-refractivity contribution in [1.29, 1.82) is 0 Å². The Hall–Kier alpha value is -1.63. The number of benzene rings is 1. The Morgan fingerprint density at radius 2 is 2.18 bits per heavy atom. The third-order valence-corrected chi connectivity index (χ3v) is 4.56. The van der Waals surface area contributed by atoms with Crippen molar-refractivity contribution in [3.8, 4) is 5.75 Å². The summed E-state index contributed by atoms with van der Waals surface area (Å²) in [6.45, 7) is 3.16. The fraction of sp³-hybridized carbons (Fsp3) is 0.562. The van der Waals surface area contributed by atoms with Crippen molar-refractivity contribution in [2.75, 3.05) is 39.5 Å². The molecule has 0 bridgehead atoms. The number of aliphatic carboxylic acids is 1. The number of carboxylic acids is 1. The van der Waals surface area contributed by atoms with E-state index in [9.17, 15) is 9.90 Å². The molecular formula is C16H21NO5. The number of aliphatic hydroxyl groups is 1. The van der Waals surface area contributed by atoms with E-state index in [1.54, 1.807) is 0 Å². The van der Waals surface area contributed by atoms with Gasteiger partial charge in [-0.3, -0.25) is 9.69 Å². The van der Waals surface area contributed by atoms with Crippen LogP contribution in [0.4, 0.5) is 0 Å². The van der Waals surface area contributed by atoms with Gasteiger partial charge in [-0.25, -0.2) is 0 Å². The van der Waals surface area contributed by atoms with Gasteiger partial charge in [-0.05, 0) is 17.7 Å². The van der Waals surface area contributed by atoms with Gasteiger partial charge in [0.05, 0.1) is 19.8 Å². The zero-order valence-corrected chi connectivity index (χ0v) is 12.4. The summed E-state index contributed by atoms with van der Waals surface area (Å²) < 4.78 is 10.7. The second-order valence-corrected chi connectivity index (χ2v) is 6.06. The molecule has 1 aromatic rings. The Morgan fingerprint density at radius 1 is 1.41 bits per heavy atom. The lowest BCUT2D eigenvalue weighted by Gasteiger charge is -2.22. The highest BCUT2D eigenvalue weighted by Crippen LogP contribution is 2.41. The van der Waals surface area contributed by atoms with Crippen molar-refractivity contribution < 1.29 is 24.5 Å². The normalized spacial score (nSPS) is 27.8. The molecule has 6 nitrogen and oxygen atoms in total. The average molecular weight is 307 g/mol. The molecule has 1 aromatic carbocycles. The Balaban J connectivity index is 1.61. The average Bonchev–Trinajstić information content (AvgIpc) is 3.04. The van der Waals surface area contributed by atoms with Crippen molar-refractivity contribution in [2.45, 2.75) is 6.54 Å². The molecule has 3 rings (SSSR count). The van der Waals surface area contributed by atoms with Crippen molar-refractivity contribution in [3.63, 3.8) is 0 Å². The molecule has 2 atom stereocenters. The fourth-order valence-electron chi connectivity index (χ4n) is 3.38. The lowest BCUT2D eigenvalue weighted by Crippen LogP contribution is -2.38. The van der Waals surface area contributed by atoms with Crippen molar-refractivity contribution in [1.82, 2.24) is 4.90 Å². The molecule has 2 aliphatic heterocycles. The highest BCUT2D eigenvalue weighted by molar-refractivity contribution is 5.76. The van der Waals surface area contributed by atoms with Crippen molar-refractivity contribution in [3.05, 3.63) is 29.8 Å². The van der Waals surface area contributed by atoms with Crippen LogP contribution in [0.25, 0.3) is 0 Å². The number of hydrogen-bond donors (Lipinski definition) is 2. The summed E-state index contributed by atoms with van der Waals surface area (Å²) in [4.78, 5) is 13.8. The molecule has 22 heavy (non-hydrogen) atoms. The van der Waals surface area contributed by atoms with Crippen LogP contribution in [0, 0.1) is 11.3 Å². The van der Waals surface area contributed by atoms with E-state index in [2.05, 4.69) is 4.90 Å².